The first-order valence-electron chi connectivity index (χ1n) is 12.4. The van der Waals surface area contributed by atoms with Crippen LogP contribution in [0.2, 0.25) is 5.02 Å². The summed E-state index contributed by atoms with van der Waals surface area (Å²) in [4.78, 5) is 23.7. The van der Waals surface area contributed by atoms with Crippen LogP contribution in [0, 0.1) is 0 Å². The summed E-state index contributed by atoms with van der Waals surface area (Å²) in [7, 11) is 0. The van der Waals surface area contributed by atoms with Crippen LogP contribution in [-0.2, 0) is 16.7 Å². The fraction of sp³-hybridized carbons (Fsp3) is 0.333. The van der Waals surface area contributed by atoms with Crippen molar-refractivity contribution in [2.45, 2.75) is 32.7 Å². The third-order valence-electron chi connectivity index (χ3n) is 6.49. The predicted molar refractivity (Wildman–Crippen MR) is 150 cm³/mol. The molecule has 0 atom stereocenters. The number of fused-ring (bicyclic) bond motifs is 1. The zero-order valence-electron chi connectivity index (χ0n) is 21.5. The van der Waals surface area contributed by atoms with Gasteiger partial charge in [0, 0.05) is 6.20 Å². The number of pyridine rings is 1. The van der Waals surface area contributed by atoms with Gasteiger partial charge in [0.1, 0.15) is 0 Å². The van der Waals surface area contributed by atoms with E-state index in [1.54, 1.807) is 18.6 Å². The summed E-state index contributed by atoms with van der Waals surface area (Å²) in [6.07, 6.45) is 3.26. The third kappa shape index (κ3) is 5.86. The second kappa shape index (κ2) is 11.0. The van der Waals surface area contributed by atoms with E-state index < -0.39 is 6.03 Å². The number of aromatic nitrogens is 4. The maximum atomic E-state index is 12.7. The van der Waals surface area contributed by atoms with Crippen molar-refractivity contribution in [2.24, 2.45) is 0 Å². The van der Waals surface area contributed by atoms with Crippen LogP contribution in [0.5, 0.6) is 0 Å². The van der Waals surface area contributed by atoms with Gasteiger partial charge in [-0.3, -0.25) is 0 Å². The molecular formula is C27H29AsClN7O2. The molecule has 0 aliphatic carbocycles. The number of nitrogens with one attached hydrogen (secondary N) is 2. The van der Waals surface area contributed by atoms with Crippen molar-refractivity contribution < 1.29 is 9.53 Å². The number of amides is 2. The molecule has 1 aliphatic rings. The number of nitrogens with zero attached hydrogens (tertiary/aromatic N) is 5. The number of urea groups is 1. The summed E-state index contributed by atoms with van der Waals surface area (Å²) >= 11 is 9.16. The number of carbonyl (C=O) groups excluding carboxylic acids is 1. The molecule has 3 aromatic heterocycles. The molecule has 2 amide bonds. The van der Waals surface area contributed by atoms with E-state index in [-0.39, 0.29) is 5.41 Å². The Morgan fingerprint density at radius 1 is 1.11 bits per heavy atom. The summed E-state index contributed by atoms with van der Waals surface area (Å²) in [6, 6.07) is 11.1. The number of benzene rings is 1. The van der Waals surface area contributed by atoms with Crippen LogP contribution in [0.1, 0.15) is 32.0 Å². The predicted octanol–water partition coefficient (Wildman–Crippen LogP) is 4.01. The number of morpholine rings is 1. The zero-order valence-corrected chi connectivity index (χ0v) is 24.2. The molecule has 4 heterocycles. The van der Waals surface area contributed by atoms with E-state index in [0.717, 1.165) is 65.2 Å². The first kappa shape index (κ1) is 26.6. The molecule has 2 radical (unpaired) electrons. The topological polar surface area (TPSA) is 96.7 Å². The van der Waals surface area contributed by atoms with Gasteiger partial charge < -0.3 is 0 Å². The molecule has 0 bridgehead atoms. The molecule has 1 aliphatic heterocycles. The molecule has 0 spiro atoms. The van der Waals surface area contributed by atoms with E-state index >= 15 is 0 Å². The monoisotopic (exact) mass is 593 g/mol. The molecule has 196 valence electrons. The number of ether oxygens (including phenoxy) is 1. The number of carbonyl (C=O) groups is 1. The summed E-state index contributed by atoms with van der Waals surface area (Å²) < 4.78 is 8.25. The Balaban J connectivity index is 1.37. The van der Waals surface area contributed by atoms with Crippen molar-refractivity contribution in [2.75, 3.05) is 36.9 Å². The minimum absolute atomic E-state index is 0.0530. The fourth-order valence-corrected chi connectivity index (χ4v) is 5.22. The minimum atomic E-state index is -0.415. The van der Waals surface area contributed by atoms with Crippen LogP contribution >= 0.6 is 11.6 Å². The van der Waals surface area contributed by atoms with Gasteiger partial charge in [-0.15, -0.1) is 0 Å². The Bertz CT molecular complexity index is 1480. The molecule has 1 saturated heterocycles. The van der Waals surface area contributed by atoms with Gasteiger partial charge in [-0.25, -0.2) is 0 Å². The molecule has 0 saturated carbocycles. The molecule has 2 N–H and O–H groups in total. The molecule has 4 aromatic rings. The van der Waals surface area contributed by atoms with Crippen LogP contribution in [0.25, 0.3) is 16.6 Å². The maximum absolute atomic E-state index is 12.7. The molecule has 1 fully saturated rings. The van der Waals surface area contributed by atoms with Gasteiger partial charge in [0.15, 0.2) is 0 Å². The van der Waals surface area contributed by atoms with Crippen molar-refractivity contribution in [3.63, 3.8) is 0 Å². The summed E-state index contributed by atoms with van der Waals surface area (Å²) in [6.45, 7) is 10.3. The SMILES string of the molecule is CC(C)(C)c1ccnc(NC(=O)Nc2ccc(-c3cc(CN4CCOCC4)n4ncnc([As])c34)cc2Cl)c1. The Morgan fingerprint density at radius 3 is 2.63 bits per heavy atom. The third-order valence-corrected chi connectivity index (χ3v) is 7.49. The van der Waals surface area contributed by atoms with Crippen LogP contribution in [0.3, 0.4) is 0 Å². The van der Waals surface area contributed by atoms with Gasteiger partial charge in [0.05, 0.1) is 0 Å². The standard InChI is InChI=1S/C27H29AsClN7O2/c1-27(2,3)18-6-7-30-23(13-18)34-26(37)33-22-5-4-17(12-21(22)29)20-14-19(15-35-8-10-38-11-9-35)36-24(20)25(28)31-16-32-36/h4-7,12-14,16H,8-11,15H2,1-3H3,(H2,30,33,34,37). The van der Waals surface area contributed by atoms with Crippen molar-refractivity contribution >= 4 is 56.0 Å². The van der Waals surface area contributed by atoms with E-state index in [1.165, 1.54) is 0 Å². The van der Waals surface area contributed by atoms with E-state index in [9.17, 15) is 4.79 Å². The average Bonchev–Trinajstić information content (AvgIpc) is 3.25. The Labute approximate surface area is 235 Å². The summed E-state index contributed by atoms with van der Waals surface area (Å²) in [5, 5.41) is 10.6. The summed E-state index contributed by atoms with van der Waals surface area (Å²) in [5.74, 6) is 0.476. The van der Waals surface area contributed by atoms with Crippen molar-refractivity contribution in [3.05, 3.63) is 65.2 Å². The fourth-order valence-electron chi connectivity index (χ4n) is 4.43. The van der Waals surface area contributed by atoms with Crippen molar-refractivity contribution in [3.8, 4) is 11.1 Å². The Morgan fingerprint density at radius 2 is 1.89 bits per heavy atom. The van der Waals surface area contributed by atoms with E-state index in [1.807, 2.05) is 28.8 Å². The van der Waals surface area contributed by atoms with Gasteiger partial charge in [0.2, 0.25) is 0 Å². The van der Waals surface area contributed by atoms with Gasteiger partial charge in [-0.05, 0) is 17.0 Å². The van der Waals surface area contributed by atoms with E-state index in [4.69, 9.17) is 16.3 Å². The van der Waals surface area contributed by atoms with Gasteiger partial charge in [-0.2, -0.15) is 0 Å². The molecule has 5 rings (SSSR count). The number of hydrogen-bond acceptors (Lipinski definition) is 6. The van der Waals surface area contributed by atoms with Crippen LogP contribution in [0.15, 0.2) is 48.9 Å². The second-order valence-corrected chi connectivity index (χ2v) is 11.5. The number of anilines is 2. The van der Waals surface area contributed by atoms with Crippen LogP contribution in [0.4, 0.5) is 16.3 Å². The number of halogens is 1. The molecule has 38 heavy (non-hydrogen) atoms. The molecule has 11 heteroatoms. The molecular weight excluding hydrogens is 565 g/mol. The Hall–Kier alpha value is -2.97. The Kier molecular flexibility index (Phi) is 7.72. The van der Waals surface area contributed by atoms with Crippen molar-refractivity contribution in [1.82, 2.24) is 24.5 Å². The zero-order chi connectivity index (χ0) is 26.9. The average molecular weight is 594 g/mol. The van der Waals surface area contributed by atoms with E-state index in [2.05, 4.69) is 74.3 Å². The van der Waals surface area contributed by atoms with Crippen molar-refractivity contribution in [1.29, 1.82) is 0 Å². The normalized spacial score (nSPS) is 14.6. The van der Waals surface area contributed by atoms with Crippen LogP contribution < -0.4 is 15.1 Å². The first-order chi connectivity index (χ1) is 18.2. The quantitative estimate of drug-likeness (QED) is 0.340. The number of hydrogen-bond donors (Lipinski definition) is 2. The first-order valence-corrected chi connectivity index (χ1v) is 13.7. The second-order valence-electron chi connectivity index (χ2n) is 10.2. The van der Waals surface area contributed by atoms with Gasteiger partial charge in [0.25, 0.3) is 0 Å². The molecule has 9 nitrogen and oxygen atoms in total. The van der Waals surface area contributed by atoms with Gasteiger partial charge in [-0.1, -0.05) is 20.8 Å². The summed E-state index contributed by atoms with van der Waals surface area (Å²) in [5.41, 5.74) is 5.39. The number of rotatable bonds is 5. The molecule has 1 aromatic carbocycles. The van der Waals surface area contributed by atoms with Crippen LogP contribution in [-0.4, -0.2) is 73.7 Å². The van der Waals surface area contributed by atoms with E-state index in [0.29, 0.717) is 16.5 Å². The van der Waals surface area contributed by atoms with Gasteiger partial charge >= 0.3 is 192 Å². The molecule has 0 unspecified atom stereocenters.